The molecule has 1 aromatic rings. The highest BCUT2D eigenvalue weighted by Gasteiger charge is 2.22. The Morgan fingerprint density at radius 2 is 1.58 bits per heavy atom. The summed E-state index contributed by atoms with van der Waals surface area (Å²) in [6, 6.07) is 7.32. The van der Waals surface area contributed by atoms with Crippen molar-refractivity contribution in [2.45, 2.75) is 40.7 Å². The second kappa shape index (κ2) is 9.05. The van der Waals surface area contributed by atoms with Gasteiger partial charge in [0.25, 0.3) is 0 Å². The third-order valence-corrected chi connectivity index (χ3v) is 3.50. The van der Waals surface area contributed by atoms with Crippen molar-refractivity contribution in [3.8, 4) is 0 Å². The summed E-state index contributed by atoms with van der Waals surface area (Å²) in [5.41, 5.74) is 1.78. The first-order valence-corrected chi connectivity index (χ1v) is 8.14. The van der Waals surface area contributed by atoms with E-state index in [4.69, 9.17) is 0 Å². The molecule has 0 unspecified atom stereocenters. The molecule has 0 fully saturated rings. The van der Waals surface area contributed by atoms with Crippen LogP contribution in [-0.4, -0.2) is 41.8 Å². The molecule has 3 amide bonds. The predicted molar refractivity (Wildman–Crippen MR) is 94.5 cm³/mol. The van der Waals surface area contributed by atoms with E-state index >= 15 is 0 Å². The average Bonchev–Trinajstić information content (AvgIpc) is 2.51. The molecule has 0 spiro atoms. The van der Waals surface area contributed by atoms with E-state index in [9.17, 15) is 14.4 Å². The number of benzene rings is 1. The summed E-state index contributed by atoms with van der Waals surface area (Å²) >= 11 is 0. The molecule has 24 heavy (non-hydrogen) atoms. The van der Waals surface area contributed by atoms with E-state index in [-0.39, 0.29) is 42.8 Å². The highest BCUT2D eigenvalue weighted by Crippen LogP contribution is 2.08. The maximum absolute atomic E-state index is 12.1. The molecule has 6 nitrogen and oxygen atoms in total. The Bertz CT molecular complexity index is 580. The summed E-state index contributed by atoms with van der Waals surface area (Å²) in [4.78, 5) is 37.5. The zero-order valence-corrected chi connectivity index (χ0v) is 15.1. The first-order chi connectivity index (χ1) is 11.2. The Kier molecular flexibility index (Phi) is 7.42. The van der Waals surface area contributed by atoms with Gasteiger partial charge in [0.2, 0.25) is 17.7 Å². The smallest absolute Gasteiger partial charge is 0.243 e. The van der Waals surface area contributed by atoms with Crippen molar-refractivity contribution in [3.63, 3.8) is 0 Å². The fourth-order valence-electron chi connectivity index (χ4n) is 2.08. The SMILES string of the molecule is Cc1ccc(NC(=O)CNC(=O)CN(C(=O)C(C)C)C(C)C)cc1. The molecular formula is C18H27N3O3. The van der Waals surface area contributed by atoms with E-state index in [1.54, 1.807) is 26.0 Å². The number of rotatable bonds is 7. The highest BCUT2D eigenvalue weighted by molar-refractivity contribution is 5.95. The molecule has 132 valence electrons. The predicted octanol–water partition coefficient (Wildman–Crippen LogP) is 1.94. The van der Waals surface area contributed by atoms with Gasteiger partial charge in [0.15, 0.2) is 0 Å². The number of aryl methyl sites for hydroxylation is 1. The summed E-state index contributed by atoms with van der Waals surface area (Å²) in [7, 11) is 0. The molecule has 0 bridgehead atoms. The fraction of sp³-hybridized carbons (Fsp3) is 0.500. The molecule has 1 aromatic carbocycles. The van der Waals surface area contributed by atoms with Crippen molar-refractivity contribution in [1.82, 2.24) is 10.2 Å². The Labute approximate surface area is 143 Å². The van der Waals surface area contributed by atoms with Gasteiger partial charge in [0.1, 0.15) is 0 Å². The van der Waals surface area contributed by atoms with Crippen molar-refractivity contribution < 1.29 is 14.4 Å². The highest BCUT2D eigenvalue weighted by atomic mass is 16.2. The number of carbonyl (C=O) groups excluding carboxylic acids is 3. The summed E-state index contributed by atoms with van der Waals surface area (Å²) in [6.45, 7) is 9.09. The largest absolute Gasteiger partial charge is 0.345 e. The molecule has 0 aliphatic rings. The van der Waals surface area contributed by atoms with Gasteiger partial charge < -0.3 is 15.5 Å². The Hall–Kier alpha value is -2.37. The molecule has 1 rings (SSSR count). The van der Waals surface area contributed by atoms with Gasteiger partial charge in [-0.3, -0.25) is 14.4 Å². The molecule has 0 heterocycles. The fourth-order valence-corrected chi connectivity index (χ4v) is 2.08. The second-order valence-electron chi connectivity index (χ2n) is 6.41. The molecule has 0 aliphatic heterocycles. The summed E-state index contributed by atoms with van der Waals surface area (Å²) < 4.78 is 0. The lowest BCUT2D eigenvalue weighted by Crippen LogP contribution is -2.47. The number of hydrogen-bond acceptors (Lipinski definition) is 3. The van der Waals surface area contributed by atoms with Crippen LogP contribution in [0.4, 0.5) is 5.69 Å². The average molecular weight is 333 g/mol. The van der Waals surface area contributed by atoms with Gasteiger partial charge in [-0.1, -0.05) is 31.5 Å². The van der Waals surface area contributed by atoms with Crippen molar-refractivity contribution in [3.05, 3.63) is 29.8 Å². The molecule has 0 aliphatic carbocycles. The van der Waals surface area contributed by atoms with Crippen molar-refractivity contribution >= 4 is 23.4 Å². The van der Waals surface area contributed by atoms with E-state index in [2.05, 4.69) is 10.6 Å². The summed E-state index contributed by atoms with van der Waals surface area (Å²) in [5.74, 6) is -0.912. The normalized spacial score (nSPS) is 10.6. The Morgan fingerprint density at radius 3 is 2.08 bits per heavy atom. The van der Waals surface area contributed by atoms with E-state index in [1.807, 2.05) is 32.9 Å². The molecule has 6 heteroatoms. The number of anilines is 1. The minimum Gasteiger partial charge on any atom is -0.345 e. The number of hydrogen-bond donors (Lipinski definition) is 2. The van der Waals surface area contributed by atoms with Crippen LogP contribution in [0.2, 0.25) is 0 Å². The van der Waals surface area contributed by atoms with E-state index in [0.717, 1.165) is 5.56 Å². The molecule has 0 radical (unpaired) electrons. The first kappa shape index (κ1) is 19.7. The lowest BCUT2D eigenvalue weighted by atomic mass is 10.1. The van der Waals surface area contributed by atoms with Crippen LogP contribution in [0.5, 0.6) is 0 Å². The minimum absolute atomic E-state index is 0.0491. The molecule has 0 saturated heterocycles. The summed E-state index contributed by atoms with van der Waals surface area (Å²) in [5, 5.41) is 5.26. The van der Waals surface area contributed by atoms with Gasteiger partial charge in [-0.05, 0) is 32.9 Å². The van der Waals surface area contributed by atoms with Crippen LogP contribution in [-0.2, 0) is 14.4 Å². The van der Waals surface area contributed by atoms with Crippen LogP contribution in [0.3, 0.4) is 0 Å². The van der Waals surface area contributed by atoms with Crippen molar-refractivity contribution in [2.24, 2.45) is 5.92 Å². The zero-order valence-electron chi connectivity index (χ0n) is 15.1. The van der Waals surface area contributed by atoms with Gasteiger partial charge in [0.05, 0.1) is 13.1 Å². The van der Waals surface area contributed by atoms with Gasteiger partial charge in [-0.15, -0.1) is 0 Å². The number of nitrogens with one attached hydrogen (secondary N) is 2. The minimum atomic E-state index is -0.350. The van der Waals surface area contributed by atoms with Crippen LogP contribution in [0, 0.1) is 12.8 Å². The maximum Gasteiger partial charge on any atom is 0.243 e. The van der Waals surface area contributed by atoms with Gasteiger partial charge in [-0.25, -0.2) is 0 Å². The third kappa shape index (κ3) is 6.40. The monoisotopic (exact) mass is 333 g/mol. The third-order valence-electron chi connectivity index (χ3n) is 3.50. The van der Waals surface area contributed by atoms with Crippen LogP contribution >= 0.6 is 0 Å². The first-order valence-electron chi connectivity index (χ1n) is 8.14. The number of carbonyl (C=O) groups is 3. The topological polar surface area (TPSA) is 78.5 Å². The molecular weight excluding hydrogens is 306 g/mol. The van der Waals surface area contributed by atoms with Crippen LogP contribution in [0.25, 0.3) is 0 Å². The number of nitrogens with zero attached hydrogens (tertiary/aromatic N) is 1. The zero-order chi connectivity index (χ0) is 18.3. The van der Waals surface area contributed by atoms with Gasteiger partial charge in [-0.2, -0.15) is 0 Å². The summed E-state index contributed by atoms with van der Waals surface area (Å²) in [6.07, 6.45) is 0. The quantitative estimate of drug-likeness (QED) is 0.800. The van der Waals surface area contributed by atoms with E-state index in [1.165, 1.54) is 4.90 Å². The van der Waals surface area contributed by atoms with Crippen LogP contribution in [0.1, 0.15) is 33.3 Å². The molecule has 0 saturated carbocycles. The molecule has 0 aromatic heterocycles. The van der Waals surface area contributed by atoms with E-state index < -0.39 is 0 Å². The van der Waals surface area contributed by atoms with Crippen molar-refractivity contribution in [2.75, 3.05) is 18.4 Å². The maximum atomic E-state index is 12.1. The second-order valence-corrected chi connectivity index (χ2v) is 6.41. The Balaban J connectivity index is 2.48. The standard InChI is InChI=1S/C18H27N3O3/c1-12(2)18(24)21(13(3)4)11-17(23)19-10-16(22)20-15-8-6-14(5)7-9-15/h6-9,12-13H,10-11H2,1-5H3,(H,19,23)(H,20,22). The van der Waals surface area contributed by atoms with E-state index in [0.29, 0.717) is 5.69 Å². The molecule has 2 N–H and O–H groups in total. The van der Waals surface area contributed by atoms with Crippen molar-refractivity contribution in [1.29, 1.82) is 0 Å². The van der Waals surface area contributed by atoms with Crippen LogP contribution < -0.4 is 10.6 Å². The lowest BCUT2D eigenvalue weighted by molar-refractivity contribution is -0.140. The lowest BCUT2D eigenvalue weighted by Gasteiger charge is -2.27. The van der Waals surface area contributed by atoms with Gasteiger partial charge >= 0.3 is 0 Å². The molecule has 0 atom stereocenters. The number of amides is 3. The van der Waals surface area contributed by atoms with Crippen LogP contribution in [0.15, 0.2) is 24.3 Å². The van der Waals surface area contributed by atoms with Gasteiger partial charge in [0, 0.05) is 17.6 Å². The Morgan fingerprint density at radius 1 is 1.00 bits per heavy atom.